The molecule has 0 aromatic heterocycles. The highest BCUT2D eigenvalue weighted by Gasteiger charge is 2.29. The zero-order valence-corrected chi connectivity index (χ0v) is 13.3. The van der Waals surface area contributed by atoms with Gasteiger partial charge in [0.2, 0.25) is 0 Å². The van der Waals surface area contributed by atoms with Crippen LogP contribution >= 0.6 is 11.6 Å². The number of nitrogens with one attached hydrogen (secondary N) is 1. The lowest BCUT2D eigenvalue weighted by atomic mass is 10.0. The van der Waals surface area contributed by atoms with Gasteiger partial charge in [-0.1, -0.05) is 30.7 Å². The molecular formula is C16H25ClN2O2. The zero-order chi connectivity index (χ0) is 15.2. The molecule has 0 saturated carbocycles. The van der Waals surface area contributed by atoms with Gasteiger partial charge in [0.1, 0.15) is 0 Å². The van der Waals surface area contributed by atoms with E-state index in [4.69, 9.17) is 11.6 Å². The third kappa shape index (κ3) is 4.94. The van der Waals surface area contributed by atoms with Crippen molar-refractivity contribution in [3.63, 3.8) is 0 Å². The van der Waals surface area contributed by atoms with Gasteiger partial charge in [-0.3, -0.25) is 4.90 Å². The monoisotopic (exact) mass is 312 g/mol. The minimum Gasteiger partial charge on any atom is -0.389 e. The molecule has 21 heavy (non-hydrogen) atoms. The first-order chi connectivity index (χ1) is 10.1. The Kier molecular flexibility index (Phi) is 6.45. The molecule has 2 rings (SSSR count). The van der Waals surface area contributed by atoms with Crippen molar-refractivity contribution >= 4 is 11.6 Å². The van der Waals surface area contributed by atoms with Crippen LogP contribution < -0.4 is 5.32 Å². The average Bonchev–Trinajstić information content (AvgIpc) is 2.78. The van der Waals surface area contributed by atoms with E-state index in [1.54, 1.807) is 0 Å². The van der Waals surface area contributed by atoms with Gasteiger partial charge in [-0.05, 0) is 37.1 Å². The summed E-state index contributed by atoms with van der Waals surface area (Å²) in [5.41, 5.74) is 1.19. The number of hydrogen-bond acceptors (Lipinski definition) is 4. The number of β-amino-alcohol motifs (C(OH)–C–C–N with tert-alkyl or cyclic N) is 2. The van der Waals surface area contributed by atoms with Crippen LogP contribution in [0.5, 0.6) is 0 Å². The minimum atomic E-state index is -0.613. The standard InChI is InChI=1S/C16H25ClN2O2/c1-2-7-18-14(12-4-3-5-13(17)9-12)6-8-19-10-15(20)16(21)11-19/h3-5,9,14-16,18,20-21H,2,6-8,10-11H2,1H3. The van der Waals surface area contributed by atoms with Gasteiger partial charge in [0.15, 0.2) is 0 Å². The normalized spacial score (nSPS) is 24.4. The molecule has 1 fully saturated rings. The first-order valence-corrected chi connectivity index (χ1v) is 8.05. The highest BCUT2D eigenvalue weighted by molar-refractivity contribution is 6.30. The molecule has 1 aromatic rings. The van der Waals surface area contributed by atoms with E-state index in [1.165, 1.54) is 5.56 Å². The van der Waals surface area contributed by atoms with Crippen LogP contribution in [-0.4, -0.2) is 53.5 Å². The highest BCUT2D eigenvalue weighted by Crippen LogP contribution is 2.22. The Morgan fingerprint density at radius 1 is 1.33 bits per heavy atom. The first-order valence-electron chi connectivity index (χ1n) is 7.67. The fraction of sp³-hybridized carbons (Fsp3) is 0.625. The second kappa shape index (κ2) is 8.11. The van der Waals surface area contributed by atoms with Crippen molar-refractivity contribution in [3.05, 3.63) is 34.9 Å². The molecule has 0 aliphatic carbocycles. The maximum atomic E-state index is 9.60. The summed E-state index contributed by atoms with van der Waals surface area (Å²) in [6.45, 7) is 5.06. The maximum absolute atomic E-state index is 9.60. The third-order valence-corrected chi connectivity index (χ3v) is 4.20. The maximum Gasteiger partial charge on any atom is 0.0938 e. The molecule has 0 amide bonds. The van der Waals surface area contributed by atoms with Crippen LogP contribution in [0, 0.1) is 0 Å². The van der Waals surface area contributed by atoms with Crippen LogP contribution in [0.25, 0.3) is 0 Å². The number of rotatable bonds is 7. The lowest BCUT2D eigenvalue weighted by Gasteiger charge is -2.22. The lowest BCUT2D eigenvalue weighted by molar-refractivity contribution is 0.0572. The fourth-order valence-electron chi connectivity index (χ4n) is 2.77. The van der Waals surface area contributed by atoms with Crippen LogP contribution in [0.15, 0.2) is 24.3 Å². The van der Waals surface area contributed by atoms with E-state index in [1.807, 2.05) is 18.2 Å². The van der Waals surface area contributed by atoms with Gasteiger partial charge in [-0.25, -0.2) is 0 Å². The van der Waals surface area contributed by atoms with E-state index in [0.29, 0.717) is 13.1 Å². The molecule has 3 atom stereocenters. The Morgan fingerprint density at radius 3 is 2.67 bits per heavy atom. The second-order valence-electron chi connectivity index (χ2n) is 5.74. The molecule has 3 N–H and O–H groups in total. The van der Waals surface area contributed by atoms with Crippen molar-refractivity contribution in [2.24, 2.45) is 0 Å². The number of aliphatic hydroxyl groups is 2. The summed E-state index contributed by atoms with van der Waals surface area (Å²) in [4.78, 5) is 2.11. The summed E-state index contributed by atoms with van der Waals surface area (Å²) >= 11 is 6.08. The number of aliphatic hydroxyl groups excluding tert-OH is 2. The van der Waals surface area contributed by atoms with E-state index < -0.39 is 12.2 Å². The minimum absolute atomic E-state index is 0.249. The smallest absolute Gasteiger partial charge is 0.0938 e. The van der Waals surface area contributed by atoms with Gasteiger partial charge in [0, 0.05) is 30.7 Å². The van der Waals surface area contributed by atoms with Crippen LogP contribution in [0.2, 0.25) is 5.02 Å². The Hall–Kier alpha value is -0.650. The van der Waals surface area contributed by atoms with Crippen LogP contribution in [-0.2, 0) is 0 Å². The molecule has 0 radical (unpaired) electrons. The van der Waals surface area contributed by atoms with Crippen LogP contribution in [0.3, 0.4) is 0 Å². The van der Waals surface area contributed by atoms with Gasteiger partial charge in [0.05, 0.1) is 12.2 Å². The third-order valence-electron chi connectivity index (χ3n) is 3.96. The predicted molar refractivity (Wildman–Crippen MR) is 85.6 cm³/mol. The first kappa shape index (κ1) is 16.7. The molecule has 1 aliphatic heterocycles. The molecule has 4 nitrogen and oxygen atoms in total. The summed E-state index contributed by atoms with van der Waals surface area (Å²) in [5.74, 6) is 0. The number of likely N-dealkylation sites (tertiary alicyclic amines) is 1. The molecule has 0 bridgehead atoms. The Bertz CT molecular complexity index is 434. The molecule has 1 aliphatic rings. The Morgan fingerprint density at radius 2 is 2.05 bits per heavy atom. The molecule has 118 valence electrons. The van der Waals surface area contributed by atoms with Crippen molar-refractivity contribution in [2.75, 3.05) is 26.2 Å². The van der Waals surface area contributed by atoms with Crippen molar-refractivity contribution in [3.8, 4) is 0 Å². The Labute approximate surface area is 131 Å². The van der Waals surface area contributed by atoms with Gasteiger partial charge < -0.3 is 15.5 Å². The number of hydrogen-bond donors (Lipinski definition) is 3. The van der Waals surface area contributed by atoms with Gasteiger partial charge in [-0.15, -0.1) is 0 Å². The summed E-state index contributed by atoms with van der Waals surface area (Å²) in [5, 5.41) is 23.5. The van der Waals surface area contributed by atoms with Gasteiger partial charge >= 0.3 is 0 Å². The van der Waals surface area contributed by atoms with Crippen LogP contribution in [0.1, 0.15) is 31.4 Å². The molecule has 1 aromatic carbocycles. The van der Waals surface area contributed by atoms with Crippen molar-refractivity contribution in [1.29, 1.82) is 0 Å². The average molecular weight is 313 g/mol. The predicted octanol–water partition coefficient (Wildman–Crippen LogP) is 1.81. The summed E-state index contributed by atoms with van der Waals surface area (Å²) < 4.78 is 0. The van der Waals surface area contributed by atoms with E-state index in [-0.39, 0.29) is 6.04 Å². The van der Waals surface area contributed by atoms with E-state index in [9.17, 15) is 10.2 Å². The highest BCUT2D eigenvalue weighted by atomic mass is 35.5. The molecule has 1 saturated heterocycles. The van der Waals surface area contributed by atoms with Crippen LogP contribution in [0.4, 0.5) is 0 Å². The summed E-state index contributed by atoms with van der Waals surface area (Å²) in [7, 11) is 0. The van der Waals surface area contributed by atoms with Crippen molar-refractivity contribution < 1.29 is 10.2 Å². The van der Waals surface area contributed by atoms with Crippen molar-refractivity contribution in [2.45, 2.75) is 38.0 Å². The van der Waals surface area contributed by atoms with E-state index in [0.717, 1.165) is 31.0 Å². The molecule has 3 unspecified atom stereocenters. The topological polar surface area (TPSA) is 55.7 Å². The SMILES string of the molecule is CCCNC(CCN1CC(O)C(O)C1)c1cccc(Cl)c1. The number of nitrogens with zero attached hydrogens (tertiary/aromatic N) is 1. The lowest BCUT2D eigenvalue weighted by Crippen LogP contribution is -2.29. The quantitative estimate of drug-likeness (QED) is 0.719. The van der Waals surface area contributed by atoms with Gasteiger partial charge in [0.25, 0.3) is 0 Å². The van der Waals surface area contributed by atoms with E-state index >= 15 is 0 Å². The molecule has 1 heterocycles. The summed E-state index contributed by atoms with van der Waals surface area (Å²) in [6, 6.07) is 8.20. The summed E-state index contributed by atoms with van der Waals surface area (Å²) in [6.07, 6.45) is 0.786. The zero-order valence-electron chi connectivity index (χ0n) is 12.5. The largest absolute Gasteiger partial charge is 0.389 e. The van der Waals surface area contributed by atoms with Crippen molar-refractivity contribution in [1.82, 2.24) is 10.2 Å². The van der Waals surface area contributed by atoms with Gasteiger partial charge in [-0.2, -0.15) is 0 Å². The van der Waals surface area contributed by atoms with E-state index in [2.05, 4.69) is 23.2 Å². The molecule has 0 spiro atoms. The number of halogens is 1. The molecular weight excluding hydrogens is 288 g/mol. The number of benzene rings is 1. The molecule has 5 heteroatoms. The Balaban J connectivity index is 1.93. The second-order valence-corrected chi connectivity index (χ2v) is 6.18. The fourth-order valence-corrected chi connectivity index (χ4v) is 2.97.